The lowest BCUT2D eigenvalue weighted by Gasteiger charge is -2.11. The van der Waals surface area contributed by atoms with Gasteiger partial charge in [-0.05, 0) is 25.5 Å². The number of ether oxygens (including phenoxy) is 2. The van der Waals surface area contributed by atoms with E-state index in [0.29, 0.717) is 23.3 Å². The number of methoxy groups -OCH3 is 1. The molecule has 118 valence electrons. The molecule has 1 heterocycles. The Morgan fingerprint density at radius 2 is 2.18 bits per heavy atom. The van der Waals surface area contributed by atoms with Crippen LogP contribution in [0.25, 0.3) is 0 Å². The first-order chi connectivity index (χ1) is 10.5. The smallest absolute Gasteiger partial charge is 0.310 e. The second-order valence-corrected chi connectivity index (χ2v) is 4.79. The lowest BCUT2D eigenvalue weighted by Crippen LogP contribution is -2.10. The van der Waals surface area contributed by atoms with Gasteiger partial charge in [0.2, 0.25) is 0 Å². The van der Waals surface area contributed by atoms with E-state index in [1.165, 1.54) is 19.6 Å². The van der Waals surface area contributed by atoms with Gasteiger partial charge in [0.05, 0.1) is 25.8 Å². The molecule has 0 aliphatic rings. The molecule has 5 nitrogen and oxygen atoms in total. The maximum atomic E-state index is 14.2. The minimum Gasteiger partial charge on any atom is -0.493 e. The topological polar surface area (TPSA) is 61.6 Å². The summed E-state index contributed by atoms with van der Waals surface area (Å²) < 4.78 is 29.4. The van der Waals surface area contributed by atoms with Gasteiger partial charge in [0.15, 0.2) is 18.0 Å². The molecule has 1 aromatic carbocycles. The second kappa shape index (κ2) is 7.06. The van der Waals surface area contributed by atoms with Crippen molar-refractivity contribution in [1.82, 2.24) is 4.98 Å². The monoisotopic (exact) mass is 307 g/mol. The first-order valence-corrected chi connectivity index (χ1v) is 6.95. The van der Waals surface area contributed by atoms with Crippen LogP contribution in [0.3, 0.4) is 0 Å². The Hall–Kier alpha value is -2.37. The molecule has 22 heavy (non-hydrogen) atoms. The number of hydrogen-bond acceptors (Lipinski definition) is 5. The van der Waals surface area contributed by atoms with E-state index in [0.717, 1.165) is 5.69 Å². The minimum atomic E-state index is -0.517. The SMILES string of the molecule is CCOC(=O)Cc1cc(Cc2ocnc2C)cc(F)c1OC. The molecule has 2 rings (SSSR count). The Bertz CT molecular complexity index is 666. The first-order valence-electron chi connectivity index (χ1n) is 6.95. The van der Waals surface area contributed by atoms with Crippen molar-refractivity contribution in [2.45, 2.75) is 26.7 Å². The number of aryl methyl sites for hydroxylation is 1. The van der Waals surface area contributed by atoms with Crippen molar-refractivity contribution in [3.8, 4) is 5.75 Å². The van der Waals surface area contributed by atoms with E-state index < -0.39 is 11.8 Å². The van der Waals surface area contributed by atoms with Gasteiger partial charge in [0.25, 0.3) is 0 Å². The van der Waals surface area contributed by atoms with Crippen molar-refractivity contribution in [2.75, 3.05) is 13.7 Å². The number of nitrogens with zero attached hydrogens (tertiary/aromatic N) is 1. The highest BCUT2D eigenvalue weighted by Crippen LogP contribution is 2.27. The molecule has 0 radical (unpaired) electrons. The van der Waals surface area contributed by atoms with Gasteiger partial charge >= 0.3 is 5.97 Å². The molecule has 0 N–H and O–H groups in total. The van der Waals surface area contributed by atoms with Gasteiger partial charge in [-0.3, -0.25) is 4.79 Å². The fourth-order valence-corrected chi connectivity index (χ4v) is 2.22. The summed E-state index contributed by atoms with van der Waals surface area (Å²) in [6, 6.07) is 3.09. The summed E-state index contributed by atoms with van der Waals surface area (Å²) in [4.78, 5) is 15.7. The Morgan fingerprint density at radius 3 is 2.77 bits per heavy atom. The van der Waals surface area contributed by atoms with Crippen LogP contribution >= 0.6 is 0 Å². The first kappa shape index (κ1) is 16.0. The molecule has 0 amide bonds. The molecule has 1 aromatic heterocycles. The number of esters is 1. The highest BCUT2D eigenvalue weighted by atomic mass is 19.1. The largest absolute Gasteiger partial charge is 0.493 e. The van der Waals surface area contributed by atoms with Gasteiger partial charge in [-0.15, -0.1) is 0 Å². The van der Waals surface area contributed by atoms with Crippen LogP contribution in [0.15, 0.2) is 22.9 Å². The average molecular weight is 307 g/mol. The lowest BCUT2D eigenvalue weighted by atomic mass is 10.0. The van der Waals surface area contributed by atoms with Gasteiger partial charge in [0, 0.05) is 12.0 Å². The molecule has 0 spiro atoms. The molecule has 2 aromatic rings. The van der Waals surface area contributed by atoms with Crippen LogP contribution in [0.5, 0.6) is 5.75 Å². The molecule has 0 unspecified atom stereocenters. The molecule has 0 fully saturated rings. The number of carbonyl (C=O) groups is 1. The predicted octanol–water partition coefficient (Wildman–Crippen LogP) is 2.83. The van der Waals surface area contributed by atoms with E-state index in [4.69, 9.17) is 13.9 Å². The molecule has 0 bridgehead atoms. The van der Waals surface area contributed by atoms with E-state index >= 15 is 0 Å². The normalized spacial score (nSPS) is 10.5. The number of oxazole rings is 1. The Morgan fingerprint density at radius 1 is 1.41 bits per heavy atom. The van der Waals surface area contributed by atoms with Crippen molar-refractivity contribution in [2.24, 2.45) is 0 Å². The zero-order chi connectivity index (χ0) is 16.1. The van der Waals surface area contributed by atoms with Gasteiger partial charge in [-0.1, -0.05) is 6.07 Å². The van der Waals surface area contributed by atoms with Crippen LogP contribution in [0.2, 0.25) is 0 Å². The Kier molecular flexibility index (Phi) is 5.14. The maximum Gasteiger partial charge on any atom is 0.310 e. The Balaban J connectivity index is 2.30. The number of carbonyl (C=O) groups excluding carboxylic acids is 1. The molecule has 0 saturated carbocycles. The second-order valence-electron chi connectivity index (χ2n) is 4.79. The van der Waals surface area contributed by atoms with E-state index in [-0.39, 0.29) is 18.8 Å². The van der Waals surface area contributed by atoms with Crippen LogP contribution in [0.4, 0.5) is 4.39 Å². The van der Waals surface area contributed by atoms with Crippen molar-refractivity contribution in [1.29, 1.82) is 0 Å². The van der Waals surface area contributed by atoms with Crippen LogP contribution in [-0.4, -0.2) is 24.7 Å². The van der Waals surface area contributed by atoms with E-state index in [1.807, 2.05) is 6.92 Å². The molecule has 0 atom stereocenters. The summed E-state index contributed by atoms with van der Waals surface area (Å²) in [5.41, 5.74) is 1.88. The van der Waals surface area contributed by atoms with Gasteiger partial charge in [-0.2, -0.15) is 0 Å². The number of halogens is 1. The molecule has 0 aliphatic heterocycles. The quantitative estimate of drug-likeness (QED) is 0.768. The third-order valence-electron chi connectivity index (χ3n) is 3.23. The fraction of sp³-hybridized carbons (Fsp3) is 0.375. The van der Waals surface area contributed by atoms with Crippen LogP contribution < -0.4 is 4.74 Å². The number of aromatic nitrogens is 1. The van der Waals surface area contributed by atoms with Crippen molar-refractivity contribution >= 4 is 5.97 Å². The molecular formula is C16H18FNO4. The summed E-state index contributed by atoms with van der Waals surface area (Å²) in [5, 5.41) is 0. The number of hydrogen-bond donors (Lipinski definition) is 0. The van der Waals surface area contributed by atoms with Crippen LogP contribution in [0.1, 0.15) is 29.5 Å². The average Bonchev–Trinajstić information content (AvgIpc) is 2.84. The zero-order valence-corrected chi connectivity index (χ0v) is 12.8. The summed E-state index contributed by atoms with van der Waals surface area (Å²) in [6.45, 7) is 3.82. The van der Waals surface area contributed by atoms with Crippen LogP contribution in [0, 0.1) is 12.7 Å². The highest BCUT2D eigenvalue weighted by molar-refractivity contribution is 5.73. The van der Waals surface area contributed by atoms with E-state index in [1.54, 1.807) is 13.0 Å². The number of rotatable bonds is 6. The van der Waals surface area contributed by atoms with Gasteiger partial charge < -0.3 is 13.9 Å². The zero-order valence-electron chi connectivity index (χ0n) is 12.8. The maximum absolute atomic E-state index is 14.2. The summed E-state index contributed by atoms with van der Waals surface area (Å²) >= 11 is 0. The minimum absolute atomic E-state index is 0.0445. The number of benzene rings is 1. The molecular weight excluding hydrogens is 289 g/mol. The third-order valence-corrected chi connectivity index (χ3v) is 3.23. The van der Waals surface area contributed by atoms with E-state index in [9.17, 15) is 9.18 Å². The van der Waals surface area contributed by atoms with E-state index in [2.05, 4.69) is 4.98 Å². The molecule has 0 aliphatic carbocycles. The van der Waals surface area contributed by atoms with Crippen LogP contribution in [-0.2, 0) is 22.4 Å². The predicted molar refractivity (Wildman–Crippen MR) is 77.3 cm³/mol. The standard InChI is InChI=1S/C16H18FNO4/c1-4-21-15(19)8-12-5-11(6-13(17)16(12)20-3)7-14-10(2)18-9-22-14/h5-6,9H,4,7-8H2,1-3H3. The lowest BCUT2D eigenvalue weighted by molar-refractivity contribution is -0.142. The van der Waals surface area contributed by atoms with Crippen molar-refractivity contribution < 1.29 is 23.1 Å². The summed E-state index contributed by atoms with van der Waals surface area (Å²) in [6.07, 6.45) is 1.70. The fourth-order valence-electron chi connectivity index (χ4n) is 2.22. The van der Waals surface area contributed by atoms with Crippen molar-refractivity contribution in [3.63, 3.8) is 0 Å². The molecule has 6 heteroatoms. The van der Waals surface area contributed by atoms with Gasteiger partial charge in [-0.25, -0.2) is 9.37 Å². The van der Waals surface area contributed by atoms with Gasteiger partial charge in [0.1, 0.15) is 5.76 Å². The summed E-state index contributed by atoms with van der Waals surface area (Å²) in [7, 11) is 1.37. The van der Waals surface area contributed by atoms with Crippen molar-refractivity contribution in [3.05, 3.63) is 46.9 Å². The highest BCUT2D eigenvalue weighted by Gasteiger charge is 2.16. The third kappa shape index (κ3) is 3.63. The summed E-state index contributed by atoms with van der Waals surface area (Å²) in [5.74, 6) is -0.220. The Labute approximate surface area is 128 Å². The molecule has 0 saturated heterocycles.